The van der Waals surface area contributed by atoms with Crippen LogP contribution in [-0.4, -0.2) is 43.2 Å². The first-order valence-corrected chi connectivity index (χ1v) is 9.32. The van der Waals surface area contributed by atoms with Gasteiger partial charge in [-0.15, -0.1) is 0 Å². The molecule has 0 saturated carbocycles. The van der Waals surface area contributed by atoms with Crippen LogP contribution in [0.1, 0.15) is 30.4 Å². The van der Waals surface area contributed by atoms with E-state index in [1.807, 2.05) is 53.4 Å². The van der Waals surface area contributed by atoms with Crippen molar-refractivity contribution < 1.29 is 19.4 Å². The number of amides is 1. The van der Waals surface area contributed by atoms with Gasteiger partial charge in [-0.3, -0.25) is 4.79 Å². The summed E-state index contributed by atoms with van der Waals surface area (Å²) in [5.41, 5.74) is 0.976. The summed E-state index contributed by atoms with van der Waals surface area (Å²) in [4.78, 5) is 14.4. The average molecular weight is 369 g/mol. The van der Waals surface area contributed by atoms with Gasteiger partial charge in [0.05, 0.1) is 19.8 Å². The van der Waals surface area contributed by atoms with E-state index in [0.717, 1.165) is 16.9 Å². The highest BCUT2D eigenvalue weighted by molar-refractivity contribution is 5.76. The third-order valence-electron chi connectivity index (χ3n) is 5.34. The quantitative estimate of drug-likeness (QED) is 0.850. The fourth-order valence-electron chi connectivity index (χ4n) is 3.63. The molecule has 1 heterocycles. The van der Waals surface area contributed by atoms with Crippen LogP contribution in [-0.2, 0) is 16.8 Å². The molecule has 0 aliphatic carbocycles. The Morgan fingerprint density at radius 3 is 2.33 bits per heavy atom. The standard InChI is InChI=1S/C22H27NO4/c1-26-18-10-7-17(8-11-18)9-12-21(24)23-15-13-22(25,14-16-23)19-5-3-4-6-20(19)27-2/h3-8,10-11,25H,9,12-16H2,1-2H3. The number of para-hydroxylation sites is 1. The number of rotatable bonds is 6. The van der Waals surface area contributed by atoms with E-state index in [1.54, 1.807) is 14.2 Å². The van der Waals surface area contributed by atoms with Crippen molar-refractivity contribution >= 4 is 5.91 Å². The summed E-state index contributed by atoms with van der Waals surface area (Å²) in [6.07, 6.45) is 2.21. The molecule has 5 nitrogen and oxygen atoms in total. The molecule has 144 valence electrons. The predicted molar refractivity (Wildman–Crippen MR) is 104 cm³/mol. The Labute approximate surface area is 160 Å². The Bertz CT molecular complexity index is 764. The Morgan fingerprint density at radius 1 is 1.04 bits per heavy atom. The van der Waals surface area contributed by atoms with Crippen LogP contribution < -0.4 is 9.47 Å². The Balaban J connectivity index is 1.55. The van der Waals surface area contributed by atoms with Gasteiger partial charge in [0.15, 0.2) is 0 Å². The van der Waals surface area contributed by atoms with Crippen LogP contribution in [0.4, 0.5) is 0 Å². The van der Waals surface area contributed by atoms with E-state index in [9.17, 15) is 9.90 Å². The number of methoxy groups -OCH3 is 2. The van der Waals surface area contributed by atoms with Crippen molar-refractivity contribution in [1.82, 2.24) is 4.90 Å². The number of ether oxygens (including phenoxy) is 2. The van der Waals surface area contributed by atoms with Crippen molar-refractivity contribution in [3.05, 3.63) is 59.7 Å². The van der Waals surface area contributed by atoms with Crippen LogP contribution >= 0.6 is 0 Å². The molecule has 3 rings (SSSR count). The van der Waals surface area contributed by atoms with Crippen LogP contribution in [0.15, 0.2) is 48.5 Å². The minimum atomic E-state index is -0.945. The minimum Gasteiger partial charge on any atom is -0.497 e. The number of carbonyl (C=O) groups excluding carboxylic acids is 1. The first-order chi connectivity index (χ1) is 13.1. The van der Waals surface area contributed by atoms with E-state index < -0.39 is 5.60 Å². The lowest BCUT2D eigenvalue weighted by Gasteiger charge is -2.39. The van der Waals surface area contributed by atoms with Gasteiger partial charge >= 0.3 is 0 Å². The zero-order valence-corrected chi connectivity index (χ0v) is 16.0. The minimum absolute atomic E-state index is 0.132. The van der Waals surface area contributed by atoms with Crippen molar-refractivity contribution in [3.8, 4) is 11.5 Å². The predicted octanol–water partition coefficient (Wildman–Crippen LogP) is 3.15. The molecular formula is C22H27NO4. The molecule has 5 heteroatoms. The summed E-state index contributed by atoms with van der Waals surface area (Å²) in [7, 11) is 3.25. The molecule has 2 aromatic carbocycles. The molecule has 0 unspecified atom stereocenters. The zero-order chi connectivity index (χ0) is 19.3. The zero-order valence-electron chi connectivity index (χ0n) is 16.0. The van der Waals surface area contributed by atoms with Crippen LogP contribution in [0.2, 0.25) is 0 Å². The number of hydrogen-bond donors (Lipinski definition) is 1. The molecule has 1 fully saturated rings. The van der Waals surface area contributed by atoms with E-state index in [1.165, 1.54) is 0 Å². The molecule has 0 bridgehead atoms. The molecular weight excluding hydrogens is 342 g/mol. The van der Waals surface area contributed by atoms with Gasteiger partial charge in [-0.2, -0.15) is 0 Å². The van der Waals surface area contributed by atoms with Gasteiger partial charge in [0, 0.05) is 25.1 Å². The fourth-order valence-corrected chi connectivity index (χ4v) is 3.63. The number of aliphatic hydroxyl groups is 1. The topological polar surface area (TPSA) is 59.0 Å². The summed E-state index contributed by atoms with van der Waals surface area (Å²) in [5, 5.41) is 11.1. The van der Waals surface area contributed by atoms with Crippen molar-refractivity contribution in [3.63, 3.8) is 0 Å². The first kappa shape index (κ1) is 19.2. The number of carbonyl (C=O) groups is 1. The van der Waals surface area contributed by atoms with Gasteiger partial charge in [-0.05, 0) is 43.0 Å². The van der Waals surface area contributed by atoms with Crippen LogP contribution in [0, 0.1) is 0 Å². The molecule has 1 saturated heterocycles. The van der Waals surface area contributed by atoms with Crippen LogP contribution in [0.25, 0.3) is 0 Å². The summed E-state index contributed by atoms with van der Waals surface area (Å²) in [6.45, 7) is 1.10. The molecule has 27 heavy (non-hydrogen) atoms. The number of likely N-dealkylation sites (tertiary alicyclic amines) is 1. The van der Waals surface area contributed by atoms with Crippen molar-refractivity contribution in [1.29, 1.82) is 0 Å². The lowest BCUT2D eigenvalue weighted by molar-refractivity contribution is -0.135. The van der Waals surface area contributed by atoms with Gasteiger partial charge in [-0.25, -0.2) is 0 Å². The Hall–Kier alpha value is -2.53. The SMILES string of the molecule is COc1ccc(CCC(=O)N2CCC(O)(c3ccccc3OC)CC2)cc1. The number of piperidine rings is 1. The van der Waals surface area contributed by atoms with Gasteiger partial charge in [0.1, 0.15) is 11.5 Å². The van der Waals surface area contributed by atoms with Crippen molar-refractivity contribution in [2.45, 2.75) is 31.3 Å². The summed E-state index contributed by atoms with van der Waals surface area (Å²) < 4.78 is 10.5. The maximum atomic E-state index is 12.6. The van der Waals surface area contributed by atoms with E-state index in [-0.39, 0.29) is 5.91 Å². The second kappa shape index (κ2) is 8.44. The third kappa shape index (κ3) is 4.42. The van der Waals surface area contributed by atoms with Crippen molar-refractivity contribution in [2.75, 3.05) is 27.3 Å². The number of benzene rings is 2. The van der Waals surface area contributed by atoms with Gasteiger partial charge in [0.25, 0.3) is 0 Å². The molecule has 1 aliphatic rings. The van der Waals surface area contributed by atoms with Gasteiger partial charge in [-0.1, -0.05) is 30.3 Å². The molecule has 0 spiro atoms. The highest BCUT2D eigenvalue weighted by Crippen LogP contribution is 2.38. The molecule has 0 aromatic heterocycles. The summed E-state index contributed by atoms with van der Waals surface area (Å²) in [6, 6.07) is 15.4. The van der Waals surface area contributed by atoms with E-state index in [2.05, 4.69) is 0 Å². The molecule has 1 aliphatic heterocycles. The van der Waals surface area contributed by atoms with Crippen LogP contribution in [0.3, 0.4) is 0 Å². The van der Waals surface area contributed by atoms with E-state index in [4.69, 9.17) is 9.47 Å². The molecule has 2 aromatic rings. The summed E-state index contributed by atoms with van der Waals surface area (Å²) in [5.74, 6) is 1.64. The van der Waals surface area contributed by atoms with Gasteiger partial charge in [0.2, 0.25) is 5.91 Å². The highest BCUT2D eigenvalue weighted by atomic mass is 16.5. The number of aryl methyl sites for hydroxylation is 1. The highest BCUT2D eigenvalue weighted by Gasteiger charge is 2.37. The molecule has 1 amide bonds. The number of nitrogens with zero attached hydrogens (tertiary/aromatic N) is 1. The van der Waals surface area contributed by atoms with Crippen LogP contribution in [0.5, 0.6) is 11.5 Å². The van der Waals surface area contributed by atoms with Gasteiger partial charge < -0.3 is 19.5 Å². The Kier molecular flexibility index (Phi) is 6.01. The molecule has 0 radical (unpaired) electrons. The second-order valence-electron chi connectivity index (χ2n) is 6.96. The maximum Gasteiger partial charge on any atom is 0.222 e. The van der Waals surface area contributed by atoms with Crippen molar-refractivity contribution in [2.24, 2.45) is 0 Å². The second-order valence-corrected chi connectivity index (χ2v) is 6.96. The fraction of sp³-hybridized carbons (Fsp3) is 0.409. The van der Waals surface area contributed by atoms with E-state index in [0.29, 0.717) is 44.5 Å². The number of hydrogen-bond acceptors (Lipinski definition) is 4. The average Bonchev–Trinajstić information content (AvgIpc) is 2.73. The Morgan fingerprint density at radius 2 is 1.70 bits per heavy atom. The lowest BCUT2D eigenvalue weighted by Crippen LogP contribution is -2.45. The first-order valence-electron chi connectivity index (χ1n) is 9.32. The lowest BCUT2D eigenvalue weighted by atomic mass is 9.83. The third-order valence-corrected chi connectivity index (χ3v) is 5.34. The molecule has 1 N–H and O–H groups in total. The smallest absolute Gasteiger partial charge is 0.222 e. The normalized spacial score (nSPS) is 16.0. The van der Waals surface area contributed by atoms with E-state index >= 15 is 0 Å². The largest absolute Gasteiger partial charge is 0.497 e. The molecule has 0 atom stereocenters. The monoisotopic (exact) mass is 369 g/mol. The maximum absolute atomic E-state index is 12.6. The summed E-state index contributed by atoms with van der Waals surface area (Å²) >= 11 is 0.